The van der Waals surface area contributed by atoms with Crippen molar-refractivity contribution in [3.63, 3.8) is 0 Å². The third-order valence-electron chi connectivity index (χ3n) is 2.48. The Morgan fingerprint density at radius 2 is 1.72 bits per heavy atom. The lowest BCUT2D eigenvalue weighted by Crippen LogP contribution is -2.33. The molecule has 0 saturated carbocycles. The molecule has 0 unspecified atom stereocenters. The summed E-state index contributed by atoms with van der Waals surface area (Å²) >= 11 is 0. The Labute approximate surface area is 107 Å². The summed E-state index contributed by atoms with van der Waals surface area (Å²) in [4.78, 5) is 17.4. The molecule has 0 aliphatic carbocycles. The van der Waals surface area contributed by atoms with Crippen molar-refractivity contribution in [2.45, 2.75) is 26.4 Å². The van der Waals surface area contributed by atoms with Gasteiger partial charge in [0, 0.05) is 5.56 Å². The van der Waals surface area contributed by atoms with Gasteiger partial charge in [-0.2, -0.15) is 0 Å². The van der Waals surface area contributed by atoms with Crippen LogP contribution < -0.4 is 5.48 Å². The van der Waals surface area contributed by atoms with Crippen molar-refractivity contribution >= 4 is 16.7 Å². The van der Waals surface area contributed by atoms with Crippen molar-refractivity contribution in [3.8, 4) is 0 Å². The SMILES string of the molecule is CC(C)(C)ONC(=O)c1cccc2ccccc12. The molecule has 0 radical (unpaired) electrons. The average Bonchev–Trinajstić information content (AvgIpc) is 2.34. The zero-order valence-corrected chi connectivity index (χ0v) is 10.9. The molecular weight excluding hydrogens is 226 g/mol. The van der Waals surface area contributed by atoms with Gasteiger partial charge in [-0.15, -0.1) is 0 Å². The van der Waals surface area contributed by atoms with E-state index in [1.54, 1.807) is 6.07 Å². The van der Waals surface area contributed by atoms with E-state index in [4.69, 9.17) is 4.84 Å². The summed E-state index contributed by atoms with van der Waals surface area (Å²) in [5, 5.41) is 1.97. The van der Waals surface area contributed by atoms with E-state index in [1.807, 2.05) is 57.2 Å². The van der Waals surface area contributed by atoms with E-state index < -0.39 is 5.60 Å². The lowest BCUT2D eigenvalue weighted by atomic mass is 10.0. The van der Waals surface area contributed by atoms with E-state index in [-0.39, 0.29) is 5.91 Å². The number of fused-ring (bicyclic) bond motifs is 1. The molecule has 2 aromatic carbocycles. The minimum atomic E-state index is -0.403. The monoisotopic (exact) mass is 243 g/mol. The van der Waals surface area contributed by atoms with Gasteiger partial charge in [0.05, 0.1) is 5.60 Å². The summed E-state index contributed by atoms with van der Waals surface area (Å²) in [7, 11) is 0. The predicted octanol–water partition coefficient (Wildman–Crippen LogP) is 3.30. The largest absolute Gasteiger partial charge is 0.275 e. The van der Waals surface area contributed by atoms with E-state index in [9.17, 15) is 4.79 Å². The maximum absolute atomic E-state index is 12.1. The molecule has 0 spiro atoms. The first-order valence-corrected chi connectivity index (χ1v) is 5.93. The summed E-state index contributed by atoms with van der Waals surface area (Å²) in [5.74, 6) is -0.221. The van der Waals surface area contributed by atoms with Crippen LogP contribution in [0, 0.1) is 0 Å². The topological polar surface area (TPSA) is 38.3 Å². The number of rotatable bonds is 2. The van der Waals surface area contributed by atoms with Crippen molar-refractivity contribution < 1.29 is 9.63 Å². The molecule has 0 fully saturated rings. The molecule has 0 atom stereocenters. The zero-order valence-electron chi connectivity index (χ0n) is 10.9. The van der Waals surface area contributed by atoms with Crippen LogP contribution in [0.5, 0.6) is 0 Å². The fraction of sp³-hybridized carbons (Fsp3) is 0.267. The van der Waals surface area contributed by atoms with Gasteiger partial charge < -0.3 is 0 Å². The molecule has 0 aromatic heterocycles. The molecule has 0 saturated heterocycles. The van der Waals surface area contributed by atoms with Crippen LogP contribution in [0.3, 0.4) is 0 Å². The molecule has 2 aromatic rings. The molecule has 0 aliphatic rings. The van der Waals surface area contributed by atoms with Crippen LogP contribution in [-0.4, -0.2) is 11.5 Å². The molecular formula is C15H17NO2. The van der Waals surface area contributed by atoms with Crippen molar-refractivity contribution in [2.24, 2.45) is 0 Å². The number of hydrogen-bond acceptors (Lipinski definition) is 2. The Kier molecular flexibility index (Phi) is 3.34. The van der Waals surface area contributed by atoms with Crippen molar-refractivity contribution in [1.82, 2.24) is 5.48 Å². The van der Waals surface area contributed by atoms with Gasteiger partial charge in [-0.05, 0) is 37.6 Å². The number of amides is 1. The highest BCUT2D eigenvalue weighted by Crippen LogP contribution is 2.18. The van der Waals surface area contributed by atoms with Gasteiger partial charge in [0.1, 0.15) is 0 Å². The number of nitrogens with one attached hydrogen (secondary N) is 1. The highest BCUT2D eigenvalue weighted by Gasteiger charge is 2.15. The normalized spacial score (nSPS) is 11.5. The molecule has 2 rings (SSSR count). The van der Waals surface area contributed by atoms with Crippen molar-refractivity contribution in [1.29, 1.82) is 0 Å². The van der Waals surface area contributed by atoms with Gasteiger partial charge in [-0.3, -0.25) is 9.63 Å². The van der Waals surface area contributed by atoms with Gasteiger partial charge in [0.25, 0.3) is 5.91 Å². The van der Waals surface area contributed by atoms with Crippen LogP contribution in [0.15, 0.2) is 42.5 Å². The molecule has 18 heavy (non-hydrogen) atoms. The lowest BCUT2D eigenvalue weighted by molar-refractivity contribution is -0.0589. The minimum absolute atomic E-state index is 0.221. The zero-order chi connectivity index (χ0) is 13.2. The Bertz CT molecular complexity index is 565. The minimum Gasteiger partial charge on any atom is -0.268 e. The van der Waals surface area contributed by atoms with Gasteiger partial charge in [0.15, 0.2) is 0 Å². The van der Waals surface area contributed by atoms with Crippen LogP contribution in [-0.2, 0) is 4.84 Å². The van der Waals surface area contributed by atoms with Crippen LogP contribution in [0.25, 0.3) is 10.8 Å². The van der Waals surface area contributed by atoms with Crippen molar-refractivity contribution in [2.75, 3.05) is 0 Å². The van der Waals surface area contributed by atoms with Gasteiger partial charge >= 0.3 is 0 Å². The number of carbonyl (C=O) groups excluding carboxylic acids is 1. The Hall–Kier alpha value is -1.87. The average molecular weight is 243 g/mol. The summed E-state index contributed by atoms with van der Waals surface area (Å²) in [6.07, 6.45) is 0. The van der Waals surface area contributed by atoms with Gasteiger partial charge in [0.2, 0.25) is 0 Å². The predicted molar refractivity (Wildman–Crippen MR) is 72.3 cm³/mol. The maximum atomic E-state index is 12.1. The fourth-order valence-electron chi connectivity index (χ4n) is 1.68. The van der Waals surface area contributed by atoms with E-state index in [1.165, 1.54) is 0 Å². The molecule has 94 valence electrons. The third-order valence-corrected chi connectivity index (χ3v) is 2.48. The van der Waals surface area contributed by atoms with Crippen LogP contribution in [0.4, 0.5) is 0 Å². The second-order valence-corrected chi connectivity index (χ2v) is 5.17. The number of hydrogen-bond donors (Lipinski definition) is 1. The van der Waals surface area contributed by atoms with E-state index in [2.05, 4.69) is 5.48 Å². The van der Waals surface area contributed by atoms with E-state index in [0.29, 0.717) is 5.56 Å². The quantitative estimate of drug-likeness (QED) is 0.822. The molecule has 1 N–H and O–H groups in total. The number of benzene rings is 2. The Balaban J connectivity index is 2.28. The fourth-order valence-corrected chi connectivity index (χ4v) is 1.68. The molecule has 1 amide bonds. The summed E-state index contributed by atoms with van der Waals surface area (Å²) < 4.78 is 0. The smallest absolute Gasteiger partial charge is 0.268 e. The van der Waals surface area contributed by atoms with E-state index in [0.717, 1.165) is 10.8 Å². The van der Waals surface area contributed by atoms with Crippen molar-refractivity contribution in [3.05, 3.63) is 48.0 Å². The highest BCUT2D eigenvalue weighted by atomic mass is 16.7. The standard InChI is InChI=1S/C15H17NO2/c1-15(2,3)18-16-14(17)13-10-6-8-11-7-4-5-9-12(11)13/h4-10H,1-3H3,(H,16,17). The first-order chi connectivity index (χ1) is 8.47. The Morgan fingerprint density at radius 3 is 2.44 bits per heavy atom. The molecule has 0 bridgehead atoms. The number of carbonyl (C=O) groups is 1. The first-order valence-electron chi connectivity index (χ1n) is 5.93. The summed E-state index contributed by atoms with van der Waals surface area (Å²) in [6, 6.07) is 13.4. The van der Waals surface area contributed by atoms with Gasteiger partial charge in [-0.25, -0.2) is 5.48 Å². The maximum Gasteiger partial charge on any atom is 0.275 e. The van der Waals surface area contributed by atoms with E-state index >= 15 is 0 Å². The first kappa shape index (κ1) is 12.6. The van der Waals surface area contributed by atoms with Crippen LogP contribution in [0.2, 0.25) is 0 Å². The van der Waals surface area contributed by atoms with Crippen LogP contribution >= 0.6 is 0 Å². The molecule has 0 aliphatic heterocycles. The lowest BCUT2D eigenvalue weighted by Gasteiger charge is -2.19. The molecule has 3 nitrogen and oxygen atoms in total. The van der Waals surface area contributed by atoms with Gasteiger partial charge in [-0.1, -0.05) is 36.4 Å². The summed E-state index contributed by atoms with van der Waals surface area (Å²) in [5.41, 5.74) is 2.71. The van der Waals surface area contributed by atoms with Crippen LogP contribution in [0.1, 0.15) is 31.1 Å². The second kappa shape index (κ2) is 4.78. The third kappa shape index (κ3) is 2.87. The molecule has 3 heteroatoms. The molecule has 0 heterocycles. The number of hydroxylamine groups is 1. The summed E-state index contributed by atoms with van der Waals surface area (Å²) in [6.45, 7) is 5.66. The second-order valence-electron chi connectivity index (χ2n) is 5.17. The Morgan fingerprint density at radius 1 is 1.06 bits per heavy atom. The highest BCUT2D eigenvalue weighted by molar-refractivity contribution is 6.06.